The highest BCUT2D eigenvalue weighted by atomic mass is 32.2. The summed E-state index contributed by atoms with van der Waals surface area (Å²) >= 11 is 1.90. The molecule has 13 heavy (non-hydrogen) atoms. The van der Waals surface area contributed by atoms with Crippen LogP contribution in [0.2, 0.25) is 0 Å². The van der Waals surface area contributed by atoms with E-state index in [1.807, 2.05) is 11.8 Å². The van der Waals surface area contributed by atoms with Crippen LogP contribution in [0.25, 0.3) is 0 Å². The van der Waals surface area contributed by atoms with Crippen molar-refractivity contribution in [3.05, 3.63) is 0 Å². The molecule has 0 aliphatic carbocycles. The molecule has 0 spiro atoms. The molecule has 0 atom stereocenters. The summed E-state index contributed by atoms with van der Waals surface area (Å²) in [6, 6.07) is 0. The van der Waals surface area contributed by atoms with E-state index >= 15 is 0 Å². The van der Waals surface area contributed by atoms with Gasteiger partial charge in [0.1, 0.15) is 0 Å². The van der Waals surface area contributed by atoms with Crippen molar-refractivity contribution in [3.8, 4) is 0 Å². The Hall–Kier alpha value is 0.270. The van der Waals surface area contributed by atoms with Gasteiger partial charge in [-0.1, -0.05) is 0 Å². The fourth-order valence-corrected chi connectivity index (χ4v) is 2.01. The van der Waals surface area contributed by atoms with E-state index in [9.17, 15) is 0 Å². The predicted molar refractivity (Wildman–Crippen MR) is 59.4 cm³/mol. The molecule has 1 aliphatic rings. The Morgan fingerprint density at radius 1 is 1.38 bits per heavy atom. The zero-order valence-electron chi connectivity index (χ0n) is 8.55. The highest BCUT2D eigenvalue weighted by Crippen LogP contribution is 2.11. The predicted octanol–water partition coefficient (Wildman–Crippen LogP) is 1.76. The van der Waals surface area contributed by atoms with Crippen LogP contribution >= 0.6 is 11.8 Å². The van der Waals surface area contributed by atoms with Gasteiger partial charge in [-0.3, -0.25) is 0 Å². The normalized spacial score (nSPS) is 19.2. The van der Waals surface area contributed by atoms with E-state index in [0.717, 1.165) is 19.1 Å². The van der Waals surface area contributed by atoms with Gasteiger partial charge in [-0.2, -0.15) is 11.8 Å². The third-order valence-corrected chi connectivity index (χ3v) is 3.15. The molecule has 2 nitrogen and oxygen atoms in total. The van der Waals surface area contributed by atoms with Crippen LogP contribution in [0.5, 0.6) is 0 Å². The summed E-state index contributed by atoms with van der Waals surface area (Å²) in [7, 11) is 0. The maximum Gasteiger partial charge on any atom is 0.0495 e. The van der Waals surface area contributed by atoms with Crippen molar-refractivity contribution in [1.29, 1.82) is 0 Å². The fourth-order valence-electron chi connectivity index (χ4n) is 1.60. The molecule has 0 amide bonds. The molecule has 1 fully saturated rings. The van der Waals surface area contributed by atoms with Crippen LogP contribution in [0.15, 0.2) is 0 Å². The summed E-state index contributed by atoms with van der Waals surface area (Å²) in [4.78, 5) is 0. The van der Waals surface area contributed by atoms with E-state index in [1.165, 1.54) is 38.1 Å². The van der Waals surface area contributed by atoms with Crippen molar-refractivity contribution in [2.24, 2.45) is 5.92 Å². The number of piperidine rings is 1. The van der Waals surface area contributed by atoms with Gasteiger partial charge in [0.05, 0.1) is 0 Å². The minimum Gasteiger partial charge on any atom is -0.381 e. The first kappa shape index (κ1) is 11.3. The van der Waals surface area contributed by atoms with Crippen molar-refractivity contribution in [1.82, 2.24) is 5.32 Å². The molecule has 3 heteroatoms. The van der Waals surface area contributed by atoms with Crippen LogP contribution in [0.4, 0.5) is 0 Å². The van der Waals surface area contributed by atoms with Gasteiger partial charge in [0.2, 0.25) is 0 Å². The molecule has 1 saturated heterocycles. The van der Waals surface area contributed by atoms with Crippen molar-refractivity contribution in [2.75, 3.05) is 38.3 Å². The molecule has 0 aromatic rings. The Bertz CT molecular complexity index is 115. The van der Waals surface area contributed by atoms with Gasteiger partial charge in [0.25, 0.3) is 0 Å². The summed E-state index contributed by atoms with van der Waals surface area (Å²) in [5.74, 6) is 2.04. The van der Waals surface area contributed by atoms with Crippen LogP contribution in [-0.4, -0.2) is 38.3 Å². The van der Waals surface area contributed by atoms with Crippen molar-refractivity contribution < 1.29 is 4.74 Å². The van der Waals surface area contributed by atoms with E-state index in [-0.39, 0.29) is 0 Å². The van der Waals surface area contributed by atoms with E-state index in [4.69, 9.17) is 4.74 Å². The summed E-state index contributed by atoms with van der Waals surface area (Å²) in [5.41, 5.74) is 0. The lowest BCUT2D eigenvalue weighted by Gasteiger charge is -2.22. The molecule has 1 N–H and O–H groups in total. The van der Waals surface area contributed by atoms with Crippen molar-refractivity contribution in [2.45, 2.75) is 19.3 Å². The second-order valence-corrected chi connectivity index (χ2v) is 4.60. The van der Waals surface area contributed by atoms with Gasteiger partial charge >= 0.3 is 0 Å². The Balaban J connectivity index is 1.86. The first-order chi connectivity index (χ1) is 6.43. The minimum absolute atomic E-state index is 0.815. The number of ether oxygens (including phenoxy) is 1. The molecule has 0 aromatic carbocycles. The molecule has 1 rings (SSSR count). The van der Waals surface area contributed by atoms with E-state index < -0.39 is 0 Å². The van der Waals surface area contributed by atoms with Gasteiger partial charge in [0.15, 0.2) is 0 Å². The van der Waals surface area contributed by atoms with Crippen molar-refractivity contribution >= 4 is 11.8 Å². The zero-order valence-corrected chi connectivity index (χ0v) is 9.37. The monoisotopic (exact) mass is 203 g/mol. The zero-order chi connectivity index (χ0) is 9.36. The number of nitrogens with one attached hydrogen (secondary N) is 1. The molecule has 0 bridgehead atoms. The third-order valence-electron chi connectivity index (χ3n) is 2.45. The second-order valence-electron chi connectivity index (χ2n) is 3.61. The topological polar surface area (TPSA) is 21.3 Å². The first-order valence-corrected chi connectivity index (χ1v) is 6.60. The average molecular weight is 203 g/mol. The Kier molecular flexibility index (Phi) is 6.68. The average Bonchev–Trinajstić information content (AvgIpc) is 2.19. The molecular formula is C10H21NOS. The molecular weight excluding hydrogens is 182 g/mol. The molecule has 78 valence electrons. The SMILES string of the molecule is CSCCCOCC1CCNCC1. The molecule has 0 saturated carbocycles. The number of thioether (sulfide) groups is 1. The van der Waals surface area contributed by atoms with Crippen LogP contribution in [0, 0.1) is 5.92 Å². The first-order valence-electron chi connectivity index (χ1n) is 5.21. The molecule has 1 aliphatic heterocycles. The molecule has 1 heterocycles. The number of rotatable bonds is 6. The van der Waals surface area contributed by atoms with E-state index in [2.05, 4.69) is 11.6 Å². The van der Waals surface area contributed by atoms with Gasteiger partial charge < -0.3 is 10.1 Å². The van der Waals surface area contributed by atoms with Crippen LogP contribution in [0.1, 0.15) is 19.3 Å². The Morgan fingerprint density at radius 3 is 2.85 bits per heavy atom. The molecule has 0 aromatic heterocycles. The smallest absolute Gasteiger partial charge is 0.0495 e. The lowest BCUT2D eigenvalue weighted by atomic mass is 9.99. The number of hydrogen-bond donors (Lipinski definition) is 1. The number of hydrogen-bond acceptors (Lipinski definition) is 3. The van der Waals surface area contributed by atoms with Crippen LogP contribution in [-0.2, 0) is 4.74 Å². The molecule has 0 radical (unpaired) electrons. The van der Waals surface area contributed by atoms with E-state index in [0.29, 0.717) is 0 Å². The lowest BCUT2D eigenvalue weighted by molar-refractivity contribution is 0.0889. The molecule has 0 unspecified atom stereocenters. The van der Waals surface area contributed by atoms with Gasteiger partial charge in [-0.25, -0.2) is 0 Å². The largest absolute Gasteiger partial charge is 0.381 e. The van der Waals surface area contributed by atoms with Gasteiger partial charge in [-0.05, 0) is 50.3 Å². The summed E-state index contributed by atoms with van der Waals surface area (Å²) in [6.45, 7) is 4.29. The second kappa shape index (κ2) is 7.65. The maximum atomic E-state index is 5.63. The van der Waals surface area contributed by atoms with Crippen molar-refractivity contribution in [3.63, 3.8) is 0 Å². The quantitative estimate of drug-likeness (QED) is 0.665. The van der Waals surface area contributed by atoms with Crippen LogP contribution in [0.3, 0.4) is 0 Å². The standard InChI is InChI=1S/C10H21NOS/c1-13-8-2-7-12-9-10-3-5-11-6-4-10/h10-11H,2-9H2,1H3. The van der Waals surface area contributed by atoms with E-state index in [1.54, 1.807) is 0 Å². The fraction of sp³-hybridized carbons (Fsp3) is 1.00. The Labute approximate surface area is 85.8 Å². The lowest BCUT2D eigenvalue weighted by Crippen LogP contribution is -2.30. The minimum atomic E-state index is 0.815. The highest BCUT2D eigenvalue weighted by molar-refractivity contribution is 7.98. The maximum absolute atomic E-state index is 5.63. The van der Waals surface area contributed by atoms with Gasteiger partial charge in [0, 0.05) is 13.2 Å². The Morgan fingerprint density at radius 2 is 2.15 bits per heavy atom. The summed E-state index contributed by atoms with van der Waals surface area (Å²) in [6.07, 6.45) is 5.93. The third kappa shape index (κ3) is 5.55. The van der Waals surface area contributed by atoms with Gasteiger partial charge in [-0.15, -0.1) is 0 Å². The highest BCUT2D eigenvalue weighted by Gasteiger charge is 2.12. The summed E-state index contributed by atoms with van der Waals surface area (Å²) in [5, 5.41) is 3.37. The summed E-state index contributed by atoms with van der Waals surface area (Å²) < 4.78 is 5.63. The van der Waals surface area contributed by atoms with Crippen LogP contribution < -0.4 is 5.32 Å².